The molecule has 1 aromatic heterocycles. The van der Waals surface area contributed by atoms with E-state index in [2.05, 4.69) is 25.8 Å². The second-order valence-corrected chi connectivity index (χ2v) is 6.01. The van der Waals surface area contributed by atoms with Gasteiger partial charge in [0.25, 0.3) is 0 Å². The van der Waals surface area contributed by atoms with Crippen LogP contribution in [0.5, 0.6) is 0 Å². The number of rotatable bonds is 4. The van der Waals surface area contributed by atoms with Gasteiger partial charge in [-0.05, 0) is 54.2 Å². The third-order valence-electron chi connectivity index (χ3n) is 3.97. The Kier molecular flexibility index (Phi) is 5.16. The van der Waals surface area contributed by atoms with Gasteiger partial charge in [0.1, 0.15) is 0 Å². The highest BCUT2D eigenvalue weighted by Gasteiger charge is 2.30. The highest BCUT2D eigenvalue weighted by atomic mass is 79.9. The quantitative estimate of drug-likeness (QED) is 0.921. The molecule has 2 rings (SSSR count). The molecule has 0 radical (unpaired) electrons. The summed E-state index contributed by atoms with van der Waals surface area (Å²) in [7, 11) is 0. The Balaban J connectivity index is 2.27. The third kappa shape index (κ3) is 3.26. The number of anilines is 1. The van der Waals surface area contributed by atoms with Gasteiger partial charge in [0.15, 0.2) is 11.6 Å². The van der Waals surface area contributed by atoms with Crippen LogP contribution >= 0.6 is 15.9 Å². The molecule has 0 bridgehead atoms. The lowest BCUT2D eigenvalue weighted by Gasteiger charge is -2.40. The van der Waals surface area contributed by atoms with E-state index in [1.165, 1.54) is 18.9 Å². The average Bonchev–Trinajstić information content (AvgIpc) is 2.42. The molecule has 1 aliphatic rings. The largest absolute Gasteiger partial charge is 0.351 e. The van der Waals surface area contributed by atoms with E-state index >= 15 is 0 Å². The van der Waals surface area contributed by atoms with Crippen LogP contribution in [-0.4, -0.2) is 24.1 Å². The Morgan fingerprint density at radius 3 is 2.84 bits per heavy atom. The lowest BCUT2D eigenvalue weighted by Crippen LogP contribution is -2.46. The highest BCUT2D eigenvalue weighted by Crippen LogP contribution is 2.31. The van der Waals surface area contributed by atoms with E-state index < -0.39 is 0 Å². The fourth-order valence-electron chi connectivity index (χ4n) is 3.03. The second kappa shape index (κ2) is 6.66. The van der Waals surface area contributed by atoms with Crippen molar-refractivity contribution in [3.8, 4) is 0 Å². The molecule has 0 saturated heterocycles. The number of nitrogens with two attached hydrogens (primary N) is 1. The summed E-state index contributed by atoms with van der Waals surface area (Å²) in [6.07, 6.45) is 6.28. The molecule has 0 aliphatic heterocycles. The van der Waals surface area contributed by atoms with Crippen LogP contribution in [0, 0.1) is 11.7 Å². The zero-order valence-electron chi connectivity index (χ0n) is 11.3. The van der Waals surface area contributed by atoms with E-state index in [4.69, 9.17) is 5.73 Å². The van der Waals surface area contributed by atoms with Crippen molar-refractivity contribution in [3.05, 3.63) is 22.6 Å². The number of halogens is 2. The molecule has 1 fully saturated rings. The topological polar surface area (TPSA) is 42.2 Å². The smallest absolute Gasteiger partial charge is 0.166 e. The van der Waals surface area contributed by atoms with Gasteiger partial charge in [0.2, 0.25) is 0 Å². The van der Waals surface area contributed by atoms with Gasteiger partial charge in [0, 0.05) is 23.3 Å². The standard InChI is InChI=1S/C14H21BrFN3/c1-2-19(13-6-4-3-5-10(13)8-17)14-12(16)7-11(15)9-18-14/h7,9-10,13H,2-6,8,17H2,1H3. The normalized spacial score (nSPS) is 23.4. The van der Waals surface area contributed by atoms with E-state index in [0.717, 1.165) is 19.4 Å². The minimum absolute atomic E-state index is 0.266. The van der Waals surface area contributed by atoms with Crippen LogP contribution in [0.1, 0.15) is 32.6 Å². The van der Waals surface area contributed by atoms with Crippen LogP contribution in [-0.2, 0) is 0 Å². The Hall–Kier alpha value is -0.680. The summed E-state index contributed by atoms with van der Waals surface area (Å²) < 4.78 is 14.8. The average molecular weight is 330 g/mol. The van der Waals surface area contributed by atoms with Crippen molar-refractivity contribution < 1.29 is 4.39 Å². The minimum Gasteiger partial charge on any atom is -0.351 e. The van der Waals surface area contributed by atoms with Crippen LogP contribution in [0.2, 0.25) is 0 Å². The zero-order valence-corrected chi connectivity index (χ0v) is 12.9. The molecular formula is C14H21BrFN3. The second-order valence-electron chi connectivity index (χ2n) is 5.09. The maximum absolute atomic E-state index is 14.1. The summed E-state index contributed by atoms with van der Waals surface area (Å²) in [5, 5.41) is 0. The predicted molar refractivity (Wildman–Crippen MR) is 79.7 cm³/mol. The zero-order chi connectivity index (χ0) is 13.8. The van der Waals surface area contributed by atoms with Gasteiger partial charge in [0.05, 0.1) is 0 Å². The molecule has 0 amide bonds. The first kappa shape index (κ1) is 14.7. The first-order valence-electron chi connectivity index (χ1n) is 6.95. The van der Waals surface area contributed by atoms with Crippen LogP contribution in [0.25, 0.3) is 0 Å². The van der Waals surface area contributed by atoms with Crippen LogP contribution in [0.4, 0.5) is 10.2 Å². The minimum atomic E-state index is -0.266. The van der Waals surface area contributed by atoms with Gasteiger partial charge in [-0.25, -0.2) is 9.37 Å². The van der Waals surface area contributed by atoms with Crippen molar-refractivity contribution in [2.75, 3.05) is 18.0 Å². The number of pyridine rings is 1. The number of aromatic nitrogens is 1. The summed E-state index contributed by atoms with van der Waals surface area (Å²) in [5.41, 5.74) is 5.88. The predicted octanol–water partition coefficient (Wildman–Crippen LogP) is 3.33. The van der Waals surface area contributed by atoms with E-state index in [1.807, 2.05) is 6.92 Å². The summed E-state index contributed by atoms with van der Waals surface area (Å²) in [4.78, 5) is 6.34. The van der Waals surface area contributed by atoms with E-state index in [9.17, 15) is 4.39 Å². The van der Waals surface area contributed by atoms with E-state index in [-0.39, 0.29) is 5.82 Å². The number of hydrogen-bond acceptors (Lipinski definition) is 3. The summed E-state index contributed by atoms with van der Waals surface area (Å²) in [6, 6.07) is 1.79. The van der Waals surface area contributed by atoms with Crippen LogP contribution in [0.3, 0.4) is 0 Å². The molecule has 0 aromatic carbocycles. The Labute approximate surface area is 122 Å². The summed E-state index contributed by atoms with van der Waals surface area (Å²) in [6.45, 7) is 3.47. The summed E-state index contributed by atoms with van der Waals surface area (Å²) >= 11 is 3.25. The maximum atomic E-state index is 14.1. The number of hydrogen-bond donors (Lipinski definition) is 1. The van der Waals surface area contributed by atoms with Gasteiger partial charge >= 0.3 is 0 Å². The van der Waals surface area contributed by atoms with Gasteiger partial charge in [-0.3, -0.25) is 0 Å². The SMILES string of the molecule is CCN(c1ncc(Br)cc1F)C1CCCCC1CN. The molecule has 5 heteroatoms. The Morgan fingerprint density at radius 1 is 1.47 bits per heavy atom. The molecule has 19 heavy (non-hydrogen) atoms. The van der Waals surface area contributed by atoms with Crippen molar-refractivity contribution in [2.24, 2.45) is 11.7 Å². The van der Waals surface area contributed by atoms with Gasteiger partial charge < -0.3 is 10.6 Å². The maximum Gasteiger partial charge on any atom is 0.166 e. The monoisotopic (exact) mass is 329 g/mol. The molecular weight excluding hydrogens is 309 g/mol. The molecule has 2 unspecified atom stereocenters. The molecule has 1 aliphatic carbocycles. The Bertz CT molecular complexity index is 427. The molecule has 1 heterocycles. The van der Waals surface area contributed by atoms with Crippen LogP contribution in [0.15, 0.2) is 16.7 Å². The van der Waals surface area contributed by atoms with Crippen molar-refractivity contribution in [1.29, 1.82) is 0 Å². The fraction of sp³-hybridized carbons (Fsp3) is 0.643. The molecule has 1 aromatic rings. The highest BCUT2D eigenvalue weighted by molar-refractivity contribution is 9.10. The van der Waals surface area contributed by atoms with Gasteiger partial charge in [-0.2, -0.15) is 0 Å². The molecule has 3 nitrogen and oxygen atoms in total. The van der Waals surface area contributed by atoms with Crippen molar-refractivity contribution >= 4 is 21.7 Å². The van der Waals surface area contributed by atoms with E-state index in [0.29, 0.717) is 28.8 Å². The summed E-state index contributed by atoms with van der Waals surface area (Å²) in [5.74, 6) is 0.632. The molecule has 2 atom stereocenters. The molecule has 0 spiro atoms. The van der Waals surface area contributed by atoms with Crippen molar-refractivity contribution in [3.63, 3.8) is 0 Å². The lowest BCUT2D eigenvalue weighted by molar-refractivity contribution is 0.298. The molecule has 106 valence electrons. The Morgan fingerprint density at radius 2 is 2.21 bits per heavy atom. The molecule has 2 N–H and O–H groups in total. The van der Waals surface area contributed by atoms with E-state index in [1.54, 1.807) is 6.20 Å². The van der Waals surface area contributed by atoms with Crippen molar-refractivity contribution in [2.45, 2.75) is 38.6 Å². The van der Waals surface area contributed by atoms with Crippen LogP contribution < -0.4 is 10.6 Å². The number of nitrogens with zero attached hydrogens (tertiary/aromatic N) is 2. The fourth-order valence-corrected chi connectivity index (χ4v) is 3.34. The first-order chi connectivity index (χ1) is 9.17. The molecule has 1 saturated carbocycles. The lowest BCUT2D eigenvalue weighted by atomic mass is 9.83. The third-order valence-corrected chi connectivity index (χ3v) is 4.41. The van der Waals surface area contributed by atoms with Crippen molar-refractivity contribution in [1.82, 2.24) is 4.98 Å². The van der Waals surface area contributed by atoms with Gasteiger partial charge in [-0.1, -0.05) is 12.8 Å². The first-order valence-corrected chi connectivity index (χ1v) is 7.74. The van der Waals surface area contributed by atoms with Gasteiger partial charge in [-0.15, -0.1) is 0 Å².